The van der Waals surface area contributed by atoms with Crippen LogP contribution in [0.4, 0.5) is 13.2 Å². The number of hydrogen-bond acceptors (Lipinski definition) is 5. The van der Waals surface area contributed by atoms with E-state index in [2.05, 4.69) is 4.74 Å². The normalized spacial score (nSPS) is 11.7. The van der Waals surface area contributed by atoms with Crippen LogP contribution >= 0.6 is 0 Å². The molecule has 0 aromatic heterocycles. The lowest BCUT2D eigenvalue weighted by Crippen LogP contribution is -2.29. The van der Waals surface area contributed by atoms with Crippen molar-refractivity contribution in [2.45, 2.75) is 6.36 Å². The number of amides is 1. The van der Waals surface area contributed by atoms with Crippen molar-refractivity contribution in [1.29, 1.82) is 0 Å². The van der Waals surface area contributed by atoms with E-state index in [4.69, 9.17) is 4.74 Å². The van der Waals surface area contributed by atoms with Crippen molar-refractivity contribution < 1.29 is 35.9 Å². The zero-order valence-electron chi connectivity index (χ0n) is 12.7. The molecule has 0 saturated carbocycles. The minimum absolute atomic E-state index is 0.103. The van der Waals surface area contributed by atoms with Gasteiger partial charge in [0.25, 0.3) is 5.91 Å². The number of carbonyl (C=O) groups excluding carboxylic acids is 1. The molecule has 0 aliphatic carbocycles. The molecule has 1 amide bonds. The van der Waals surface area contributed by atoms with Crippen LogP contribution in [-0.4, -0.2) is 26.9 Å². The van der Waals surface area contributed by atoms with Gasteiger partial charge in [0.2, 0.25) is 10.0 Å². The molecule has 1 N–H and O–H groups in total. The Morgan fingerprint density at radius 3 is 1.80 bits per heavy atom. The summed E-state index contributed by atoms with van der Waals surface area (Å²) in [6, 6.07) is 10.3. The highest BCUT2D eigenvalue weighted by atomic mass is 32.2. The molecule has 0 spiro atoms. The number of nitrogens with one attached hydrogen (secondary N) is 1. The van der Waals surface area contributed by atoms with Gasteiger partial charge in [0.15, 0.2) is 0 Å². The molecule has 134 valence electrons. The van der Waals surface area contributed by atoms with Gasteiger partial charge in [-0.2, -0.15) is 0 Å². The van der Waals surface area contributed by atoms with Crippen molar-refractivity contribution in [3.8, 4) is 17.2 Å². The summed E-state index contributed by atoms with van der Waals surface area (Å²) in [6.45, 7) is 0. The van der Waals surface area contributed by atoms with Crippen LogP contribution in [-0.2, 0) is 10.0 Å². The molecule has 0 aliphatic rings. The number of benzene rings is 2. The van der Waals surface area contributed by atoms with E-state index < -0.39 is 22.3 Å². The summed E-state index contributed by atoms with van der Waals surface area (Å²) in [5.74, 6) is -0.612. The summed E-state index contributed by atoms with van der Waals surface area (Å²) in [4.78, 5) is 11.6. The third-order valence-electron chi connectivity index (χ3n) is 2.69. The first-order valence-corrected chi connectivity index (χ1v) is 8.57. The SMILES string of the molecule is CS(=O)(=O)NC(=O)c1ccc(Oc2ccc(OC(F)(F)F)cc2)cc1. The number of carbonyl (C=O) groups is 1. The number of halogens is 3. The van der Waals surface area contributed by atoms with Crippen LogP contribution in [0.5, 0.6) is 17.2 Å². The van der Waals surface area contributed by atoms with E-state index in [0.29, 0.717) is 5.75 Å². The molecular formula is C15H12F3NO5S. The van der Waals surface area contributed by atoms with Crippen molar-refractivity contribution in [3.63, 3.8) is 0 Å². The molecule has 0 heterocycles. The Morgan fingerprint density at radius 2 is 1.36 bits per heavy atom. The Labute approximate surface area is 141 Å². The molecule has 6 nitrogen and oxygen atoms in total. The topological polar surface area (TPSA) is 81.7 Å². The summed E-state index contributed by atoms with van der Waals surface area (Å²) >= 11 is 0. The summed E-state index contributed by atoms with van der Waals surface area (Å²) in [5.41, 5.74) is 0.103. The van der Waals surface area contributed by atoms with Crippen LogP contribution < -0.4 is 14.2 Å². The van der Waals surface area contributed by atoms with E-state index in [9.17, 15) is 26.4 Å². The van der Waals surface area contributed by atoms with Gasteiger partial charge in [-0.1, -0.05) is 0 Å². The molecule has 0 unspecified atom stereocenters. The molecule has 0 atom stereocenters. The molecule has 2 aromatic carbocycles. The maximum Gasteiger partial charge on any atom is 0.573 e. The van der Waals surface area contributed by atoms with Crippen molar-refractivity contribution >= 4 is 15.9 Å². The van der Waals surface area contributed by atoms with Crippen LogP contribution in [0.15, 0.2) is 48.5 Å². The lowest BCUT2D eigenvalue weighted by molar-refractivity contribution is -0.274. The van der Waals surface area contributed by atoms with Gasteiger partial charge in [0.1, 0.15) is 17.2 Å². The van der Waals surface area contributed by atoms with Gasteiger partial charge >= 0.3 is 6.36 Å². The Balaban J connectivity index is 2.02. The van der Waals surface area contributed by atoms with Crippen molar-refractivity contribution in [1.82, 2.24) is 4.72 Å². The summed E-state index contributed by atoms with van der Waals surface area (Å²) in [7, 11) is -3.67. The van der Waals surface area contributed by atoms with Crippen molar-refractivity contribution in [3.05, 3.63) is 54.1 Å². The van der Waals surface area contributed by atoms with E-state index in [1.807, 2.05) is 4.72 Å². The lowest BCUT2D eigenvalue weighted by Gasteiger charge is -2.10. The Morgan fingerprint density at radius 1 is 0.920 bits per heavy atom. The van der Waals surface area contributed by atoms with Gasteiger partial charge in [-0.15, -0.1) is 13.2 Å². The van der Waals surface area contributed by atoms with Crippen LogP contribution in [0.2, 0.25) is 0 Å². The quantitative estimate of drug-likeness (QED) is 0.869. The Hall–Kier alpha value is -2.75. The molecule has 0 aliphatic heterocycles. The molecule has 0 saturated heterocycles. The maximum atomic E-state index is 12.1. The molecule has 0 bridgehead atoms. The molecule has 2 rings (SSSR count). The molecule has 10 heteroatoms. The zero-order chi connectivity index (χ0) is 18.7. The van der Waals surface area contributed by atoms with Gasteiger partial charge in [-0.3, -0.25) is 4.79 Å². The molecular weight excluding hydrogens is 363 g/mol. The third-order valence-corrected chi connectivity index (χ3v) is 3.24. The lowest BCUT2D eigenvalue weighted by atomic mass is 10.2. The fourth-order valence-corrected chi connectivity index (χ4v) is 2.20. The van der Waals surface area contributed by atoms with E-state index in [-0.39, 0.29) is 17.1 Å². The number of hydrogen-bond donors (Lipinski definition) is 1. The van der Waals surface area contributed by atoms with E-state index in [1.54, 1.807) is 0 Å². The maximum absolute atomic E-state index is 12.1. The summed E-state index contributed by atoms with van der Waals surface area (Å²) < 4.78 is 69.2. The first-order chi connectivity index (χ1) is 11.5. The zero-order valence-corrected chi connectivity index (χ0v) is 13.5. The Kier molecular flexibility index (Phi) is 5.21. The fourth-order valence-electron chi connectivity index (χ4n) is 1.75. The highest BCUT2D eigenvalue weighted by molar-refractivity contribution is 7.89. The predicted molar refractivity (Wildman–Crippen MR) is 82.0 cm³/mol. The van der Waals surface area contributed by atoms with Crippen LogP contribution in [0.25, 0.3) is 0 Å². The minimum atomic E-state index is -4.77. The van der Waals surface area contributed by atoms with Gasteiger partial charge < -0.3 is 9.47 Å². The second-order valence-corrected chi connectivity index (χ2v) is 6.60. The third kappa shape index (κ3) is 6.34. The van der Waals surface area contributed by atoms with Gasteiger partial charge in [-0.05, 0) is 48.5 Å². The number of ether oxygens (including phenoxy) is 2. The summed E-state index contributed by atoms with van der Waals surface area (Å²) in [5, 5.41) is 0. The predicted octanol–water partition coefficient (Wildman–Crippen LogP) is 3.07. The molecule has 2 aromatic rings. The average Bonchev–Trinajstić information content (AvgIpc) is 2.47. The fraction of sp³-hybridized carbons (Fsp3) is 0.133. The van der Waals surface area contributed by atoms with Crippen LogP contribution in [0, 0.1) is 0 Å². The van der Waals surface area contributed by atoms with Gasteiger partial charge in [0.05, 0.1) is 6.26 Å². The Bertz CT molecular complexity index is 846. The monoisotopic (exact) mass is 375 g/mol. The highest BCUT2D eigenvalue weighted by Gasteiger charge is 2.30. The number of rotatable bonds is 5. The van der Waals surface area contributed by atoms with Crippen molar-refractivity contribution in [2.75, 3.05) is 6.26 Å². The van der Waals surface area contributed by atoms with Gasteiger partial charge in [-0.25, -0.2) is 13.1 Å². The first kappa shape index (κ1) is 18.6. The number of alkyl halides is 3. The average molecular weight is 375 g/mol. The minimum Gasteiger partial charge on any atom is -0.457 e. The first-order valence-electron chi connectivity index (χ1n) is 6.68. The number of sulfonamides is 1. The van der Waals surface area contributed by atoms with E-state index >= 15 is 0 Å². The van der Waals surface area contributed by atoms with Gasteiger partial charge in [0, 0.05) is 5.56 Å². The highest BCUT2D eigenvalue weighted by Crippen LogP contribution is 2.27. The summed E-state index contributed by atoms with van der Waals surface area (Å²) in [6.07, 6.45) is -3.92. The van der Waals surface area contributed by atoms with Crippen LogP contribution in [0.1, 0.15) is 10.4 Å². The van der Waals surface area contributed by atoms with Crippen molar-refractivity contribution in [2.24, 2.45) is 0 Å². The van der Waals surface area contributed by atoms with E-state index in [1.165, 1.54) is 36.4 Å². The van der Waals surface area contributed by atoms with E-state index in [0.717, 1.165) is 18.4 Å². The molecule has 0 radical (unpaired) electrons. The smallest absolute Gasteiger partial charge is 0.457 e. The second-order valence-electron chi connectivity index (χ2n) is 4.85. The second kappa shape index (κ2) is 7.01. The molecule has 0 fully saturated rings. The molecule has 25 heavy (non-hydrogen) atoms. The standard InChI is InChI=1S/C15H12F3NO5S/c1-25(21,22)19-14(20)10-2-4-11(5-3-10)23-12-6-8-13(9-7-12)24-15(16,17)18/h2-9H,1H3,(H,19,20). The van der Waals surface area contributed by atoms with Crippen LogP contribution in [0.3, 0.4) is 0 Å². The largest absolute Gasteiger partial charge is 0.573 e.